The molecular formula is C16H17NOS. The topological polar surface area (TPSA) is 35.2 Å². The summed E-state index contributed by atoms with van der Waals surface area (Å²) in [5, 5.41) is 0. The van der Waals surface area contributed by atoms with Crippen LogP contribution in [0, 0.1) is 20.8 Å². The molecule has 0 radical (unpaired) electrons. The van der Waals surface area contributed by atoms with Gasteiger partial charge in [0.2, 0.25) is 0 Å². The van der Waals surface area contributed by atoms with E-state index in [2.05, 4.69) is 13.8 Å². The lowest BCUT2D eigenvalue weighted by atomic mass is 10.1. The van der Waals surface area contributed by atoms with Crippen molar-refractivity contribution in [1.82, 2.24) is 0 Å². The van der Waals surface area contributed by atoms with Crippen molar-refractivity contribution >= 4 is 17.2 Å². The van der Waals surface area contributed by atoms with E-state index < -0.39 is 0 Å². The molecule has 0 bridgehead atoms. The van der Waals surface area contributed by atoms with Crippen molar-refractivity contribution in [3.63, 3.8) is 0 Å². The highest BCUT2D eigenvalue weighted by Crippen LogP contribution is 2.30. The van der Waals surface area contributed by atoms with Crippen LogP contribution in [0.15, 0.2) is 36.4 Å². The molecule has 0 aromatic heterocycles. The molecule has 0 saturated heterocycles. The van der Waals surface area contributed by atoms with Crippen LogP contribution in [0.1, 0.15) is 22.3 Å². The Morgan fingerprint density at radius 3 is 2.37 bits per heavy atom. The second-order valence-corrected chi connectivity index (χ2v) is 5.10. The van der Waals surface area contributed by atoms with Gasteiger partial charge in [-0.1, -0.05) is 30.4 Å². The molecule has 19 heavy (non-hydrogen) atoms. The number of hydrogen-bond acceptors (Lipinski definition) is 2. The maximum atomic E-state index is 5.97. The van der Waals surface area contributed by atoms with Gasteiger partial charge in [0.25, 0.3) is 0 Å². The molecule has 0 unspecified atom stereocenters. The Labute approximate surface area is 119 Å². The van der Waals surface area contributed by atoms with Crippen molar-refractivity contribution in [2.75, 3.05) is 0 Å². The Bertz CT molecular complexity index is 635. The SMILES string of the molecule is Cc1ccc(Oc2c(C)cccc2C(N)=S)cc1C. The van der Waals surface area contributed by atoms with Crippen LogP contribution >= 0.6 is 12.2 Å². The molecule has 2 aromatic rings. The van der Waals surface area contributed by atoms with E-state index in [1.165, 1.54) is 11.1 Å². The van der Waals surface area contributed by atoms with Gasteiger partial charge in [0.1, 0.15) is 16.5 Å². The minimum absolute atomic E-state index is 0.350. The van der Waals surface area contributed by atoms with Gasteiger partial charge in [-0.2, -0.15) is 0 Å². The van der Waals surface area contributed by atoms with Gasteiger partial charge < -0.3 is 10.5 Å². The molecule has 0 fully saturated rings. The second kappa shape index (κ2) is 5.41. The minimum atomic E-state index is 0.350. The molecule has 2 N–H and O–H groups in total. The first kappa shape index (κ1) is 13.6. The maximum absolute atomic E-state index is 5.97. The van der Waals surface area contributed by atoms with Gasteiger partial charge in [-0.05, 0) is 55.7 Å². The lowest BCUT2D eigenvalue weighted by Gasteiger charge is -2.14. The summed E-state index contributed by atoms with van der Waals surface area (Å²) in [5.41, 5.74) is 9.97. The number of aryl methyl sites for hydroxylation is 3. The molecule has 3 heteroatoms. The number of ether oxygens (including phenoxy) is 1. The average molecular weight is 271 g/mol. The third-order valence-electron chi connectivity index (χ3n) is 3.18. The molecule has 2 aromatic carbocycles. The zero-order valence-corrected chi connectivity index (χ0v) is 12.2. The van der Waals surface area contributed by atoms with E-state index in [1.54, 1.807) is 0 Å². The lowest BCUT2D eigenvalue weighted by Crippen LogP contribution is -2.11. The van der Waals surface area contributed by atoms with Crippen LogP contribution in [0.25, 0.3) is 0 Å². The summed E-state index contributed by atoms with van der Waals surface area (Å²) >= 11 is 5.07. The fourth-order valence-corrected chi connectivity index (χ4v) is 2.04. The van der Waals surface area contributed by atoms with Crippen molar-refractivity contribution in [2.24, 2.45) is 5.73 Å². The van der Waals surface area contributed by atoms with Gasteiger partial charge in [0.15, 0.2) is 0 Å². The number of rotatable bonds is 3. The fourth-order valence-electron chi connectivity index (χ4n) is 1.88. The Morgan fingerprint density at radius 1 is 1.00 bits per heavy atom. The molecule has 0 saturated carbocycles. The first-order chi connectivity index (χ1) is 8.99. The summed E-state index contributed by atoms with van der Waals surface area (Å²) in [6.45, 7) is 6.12. The molecule has 0 spiro atoms. The number of para-hydroxylation sites is 1. The van der Waals surface area contributed by atoms with Crippen molar-refractivity contribution in [2.45, 2.75) is 20.8 Å². The van der Waals surface area contributed by atoms with Crippen LogP contribution < -0.4 is 10.5 Å². The van der Waals surface area contributed by atoms with Crippen LogP contribution in [0.2, 0.25) is 0 Å². The third-order valence-corrected chi connectivity index (χ3v) is 3.40. The molecule has 0 amide bonds. The normalized spacial score (nSPS) is 10.3. The third kappa shape index (κ3) is 2.93. The average Bonchev–Trinajstić information content (AvgIpc) is 2.36. The summed E-state index contributed by atoms with van der Waals surface area (Å²) in [6.07, 6.45) is 0. The van der Waals surface area contributed by atoms with Gasteiger partial charge in [-0.15, -0.1) is 0 Å². The molecule has 0 aliphatic carbocycles. The maximum Gasteiger partial charge on any atom is 0.140 e. The summed E-state index contributed by atoms with van der Waals surface area (Å²) in [7, 11) is 0. The Balaban J connectivity index is 2.42. The first-order valence-electron chi connectivity index (χ1n) is 6.13. The molecule has 98 valence electrons. The standard InChI is InChI=1S/C16H17NOS/c1-10-7-8-13(9-12(10)3)18-15-11(2)5-4-6-14(15)16(17)19/h4-9H,1-3H3,(H2,17,19). The minimum Gasteiger partial charge on any atom is -0.456 e. The van der Waals surface area contributed by atoms with Crippen LogP contribution in [-0.4, -0.2) is 4.99 Å². The van der Waals surface area contributed by atoms with E-state index in [0.29, 0.717) is 4.99 Å². The monoisotopic (exact) mass is 271 g/mol. The summed E-state index contributed by atoms with van der Waals surface area (Å²) in [4.78, 5) is 0.350. The second-order valence-electron chi connectivity index (χ2n) is 4.66. The molecule has 2 rings (SSSR count). The molecule has 2 nitrogen and oxygen atoms in total. The highest BCUT2D eigenvalue weighted by Gasteiger charge is 2.10. The van der Waals surface area contributed by atoms with E-state index >= 15 is 0 Å². The van der Waals surface area contributed by atoms with Gasteiger partial charge in [0, 0.05) is 0 Å². The first-order valence-corrected chi connectivity index (χ1v) is 6.54. The molecule has 0 aliphatic rings. The van der Waals surface area contributed by atoms with Crippen molar-refractivity contribution in [1.29, 1.82) is 0 Å². The van der Waals surface area contributed by atoms with Crippen LogP contribution in [-0.2, 0) is 0 Å². The van der Waals surface area contributed by atoms with Crippen molar-refractivity contribution < 1.29 is 4.74 Å². The highest BCUT2D eigenvalue weighted by atomic mass is 32.1. The predicted octanol–water partition coefficient (Wildman–Crippen LogP) is 4.04. The number of benzene rings is 2. The quantitative estimate of drug-likeness (QED) is 0.856. The van der Waals surface area contributed by atoms with E-state index in [-0.39, 0.29) is 0 Å². The summed E-state index contributed by atoms with van der Waals surface area (Å²) in [5.74, 6) is 1.54. The number of hydrogen-bond donors (Lipinski definition) is 1. The molecule has 0 heterocycles. The number of nitrogens with two attached hydrogens (primary N) is 1. The Kier molecular flexibility index (Phi) is 3.86. The van der Waals surface area contributed by atoms with Crippen molar-refractivity contribution in [3.8, 4) is 11.5 Å². The highest BCUT2D eigenvalue weighted by molar-refractivity contribution is 7.80. The zero-order valence-electron chi connectivity index (χ0n) is 11.4. The zero-order chi connectivity index (χ0) is 14.0. The van der Waals surface area contributed by atoms with Gasteiger partial charge in [-0.25, -0.2) is 0 Å². The van der Waals surface area contributed by atoms with Crippen molar-refractivity contribution in [3.05, 3.63) is 58.7 Å². The molecule has 0 atom stereocenters. The van der Waals surface area contributed by atoms with E-state index in [1.807, 2.05) is 43.3 Å². The summed E-state index contributed by atoms with van der Waals surface area (Å²) in [6, 6.07) is 11.8. The number of thiocarbonyl (C=S) groups is 1. The lowest BCUT2D eigenvalue weighted by molar-refractivity contribution is 0.477. The van der Waals surface area contributed by atoms with Crippen LogP contribution in [0.5, 0.6) is 11.5 Å². The smallest absolute Gasteiger partial charge is 0.140 e. The van der Waals surface area contributed by atoms with E-state index in [4.69, 9.17) is 22.7 Å². The molecular weight excluding hydrogens is 254 g/mol. The van der Waals surface area contributed by atoms with E-state index in [0.717, 1.165) is 22.6 Å². The van der Waals surface area contributed by atoms with Gasteiger partial charge >= 0.3 is 0 Å². The van der Waals surface area contributed by atoms with Crippen LogP contribution in [0.4, 0.5) is 0 Å². The van der Waals surface area contributed by atoms with Gasteiger partial charge in [0.05, 0.1) is 5.56 Å². The Morgan fingerprint density at radius 2 is 1.74 bits per heavy atom. The Hall–Kier alpha value is -1.87. The predicted molar refractivity (Wildman–Crippen MR) is 83.1 cm³/mol. The fraction of sp³-hybridized carbons (Fsp3) is 0.188. The molecule has 0 aliphatic heterocycles. The van der Waals surface area contributed by atoms with Gasteiger partial charge in [-0.3, -0.25) is 0 Å². The van der Waals surface area contributed by atoms with E-state index in [9.17, 15) is 0 Å². The largest absolute Gasteiger partial charge is 0.456 e. The summed E-state index contributed by atoms with van der Waals surface area (Å²) < 4.78 is 5.97. The van der Waals surface area contributed by atoms with Crippen LogP contribution in [0.3, 0.4) is 0 Å².